The van der Waals surface area contributed by atoms with Gasteiger partial charge in [0.2, 0.25) is 6.04 Å². The second-order valence-electron chi connectivity index (χ2n) is 3.86. The maximum Gasteiger partial charge on any atom is 0.256 e. The van der Waals surface area contributed by atoms with Crippen LogP contribution in [-0.4, -0.2) is 23.3 Å². The number of amides is 1. The molecule has 1 N–H and O–H groups in total. The van der Waals surface area contributed by atoms with Gasteiger partial charge in [-0.15, -0.1) is 4.91 Å². The van der Waals surface area contributed by atoms with Crippen LogP contribution in [0.5, 0.6) is 0 Å². The van der Waals surface area contributed by atoms with Crippen LogP contribution in [0.15, 0.2) is 5.18 Å². The normalized spacial score (nSPS) is 13.2. The number of hydrogen-bond donors (Lipinski definition) is 1. The lowest BCUT2D eigenvalue weighted by Crippen LogP contribution is -2.47. The average Bonchev–Trinajstić information content (AvgIpc) is 1.82. The predicted molar refractivity (Wildman–Crippen MR) is 48.2 cm³/mol. The minimum absolute atomic E-state index is 0.463. The lowest BCUT2D eigenvalue weighted by atomic mass is 10.1. The van der Waals surface area contributed by atoms with Gasteiger partial charge in [-0.1, -0.05) is 0 Å². The highest BCUT2D eigenvalue weighted by atomic mass is 16.3. The van der Waals surface area contributed by atoms with Gasteiger partial charge >= 0.3 is 0 Å². The van der Waals surface area contributed by atoms with Crippen LogP contribution in [0, 0.1) is 4.91 Å². The Bertz CT molecular complexity index is 230. The number of carbonyl (C=O) groups excluding carboxylic acids is 2. The van der Waals surface area contributed by atoms with Gasteiger partial charge in [0.05, 0.1) is 0 Å². The lowest BCUT2D eigenvalue weighted by Gasteiger charge is -2.21. The van der Waals surface area contributed by atoms with Gasteiger partial charge in [0.25, 0.3) is 5.91 Å². The first-order chi connectivity index (χ1) is 5.78. The van der Waals surface area contributed by atoms with Crippen molar-refractivity contribution in [1.82, 2.24) is 5.32 Å². The average molecular weight is 186 g/mol. The molecule has 5 heteroatoms. The highest BCUT2D eigenvalue weighted by Gasteiger charge is 2.27. The van der Waals surface area contributed by atoms with E-state index in [1.165, 1.54) is 0 Å². The van der Waals surface area contributed by atoms with Crippen LogP contribution in [0.4, 0.5) is 0 Å². The first-order valence-corrected chi connectivity index (χ1v) is 3.93. The summed E-state index contributed by atoms with van der Waals surface area (Å²) in [4.78, 5) is 32.1. The van der Waals surface area contributed by atoms with Crippen LogP contribution in [-0.2, 0) is 9.59 Å². The predicted octanol–water partition coefficient (Wildman–Crippen LogP) is 0.625. The Balaban J connectivity index is 4.41. The molecule has 0 aromatic rings. The van der Waals surface area contributed by atoms with Crippen LogP contribution in [0.25, 0.3) is 0 Å². The summed E-state index contributed by atoms with van der Waals surface area (Å²) in [5.74, 6) is -1.19. The third-order valence-electron chi connectivity index (χ3n) is 1.24. The molecule has 0 aliphatic rings. The molecule has 13 heavy (non-hydrogen) atoms. The lowest BCUT2D eigenvalue weighted by molar-refractivity contribution is -0.129. The van der Waals surface area contributed by atoms with Crippen molar-refractivity contribution in [3.63, 3.8) is 0 Å². The van der Waals surface area contributed by atoms with Gasteiger partial charge in [-0.3, -0.25) is 9.59 Å². The van der Waals surface area contributed by atoms with Gasteiger partial charge < -0.3 is 5.32 Å². The molecular weight excluding hydrogens is 172 g/mol. The van der Waals surface area contributed by atoms with Gasteiger partial charge in [-0.05, 0) is 32.9 Å². The highest BCUT2D eigenvalue weighted by Crippen LogP contribution is 2.01. The molecule has 5 nitrogen and oxygen atoms in total. The summed E-state index contributed by atoms with van der Waals surface area (Å²) in [6.07, 6.45) is 0. The van der Waals surface area contributed by atoms with Crippen LogP contribution >= 0.6 is 0 Å². The zero-order valence-electron chi connectivity index (χ0n) is 8.25. The maximum atomic E-state index is 11.2. The fourth-order valence-corrected chi connectivity index (χ4v) is 0.745. The molecule has 0 fully saturated rings. The summed E-state index contributed by atoms with van der Waals surface area (Å²) in [5, 5.41) is 4.96. The molecule has 0 saturated carbocycles. The second-order valence-corrected chi connectivity index (χ2v) is 3.86. The van der Waals surface area contributed by atoms with E-state index in [-0.39, 0.29) is 0 Å². The molecule has 0 bridgehead atoms. The van der Waals surface area contributed by atoms with E-state index in [0.717, 1.165) is 6.92 Å². The smallest absolute Gasteiger partial charge is 0.256 e. The number of ketones is 1. The molecule has 1 unspecified atom stereocenters. The monoisotopic (exact) mass is 186 g/mol. The fraction of sp³-hybridized carbons (Fsp3) is 0.750. The van der Waals surface area contributed by atoms with Crippen molar-refractivity contribution >= 4 is 11.7 Å². The summed E-state index contributed by atoms with van der Waals surface area (Å²) in [6.45, 7) is 6.43. The standard InChI is InChI=1S/C8H14N2O3/c1-5(11)6(10-13)7(12)9-8(2,3)4/h6H,1-4H3,(H,9,12). The highest BCUT2D eigenvalue weighted by molar-refractivity contribution is 6.04. The molecule has 0 rings (SSSR count). The third-order valence-corrected chi connectivity index (χ3v) is 1.24. The molecule has 1 amide bonds. The molecule has 0 saturated heterocycles. The Morgan fingerprint density at radius 2 is 1.77 bits per heavy atom. The third kappa shape index (κ3) is 4.35. The van der Waals surface area contributed by atoms with Crippen molar-refractivity contribution in [2.45, 2.75) is 39.3 Å². The van der Waals surface area contributed by atoms with Gasteiger partial charge in [0, 0.05) is 5.54 Å². The Morgan fingerprint density at radius 3 is 2.00 bits per heavy atom. The fourth-order valence-electron chi connectivity index (χ4n) is 0.745. The van der Waals surface area contributed by atoms with Crippen LogP contribution in [0.1, 0.15) is 27.7 Å². The zero-order chi connectivity index (χ0) is 10.6. The molecular formula is C8H14N2O3. The first kappa shape index (κ1) is 11.7. The largest absolute Gasteiger partial charge is 0.349 e. The number of carbonyl (C=O) groups is 2. The Kier molecular flexibility index (Phi) is 3.71. The maximum absolute atomic E-state index is 11.2. The summed E-state index contributed by atoms with van der Waals surface area (Å²) in [5.41, 5.74) is -0.463. The van der Waals surface area contributed by atoms with E-state index < -0.39 is 23.3 Å². The summed E-state index contributed by atoms with van der Waals surface area (Å²) in [6, 6.07) is -1.42. The van der Waals surface area contributed by atoms with Crippen molar-refractivity contribution in [1.29, 1.82) is 0 Å². The number of Topliss-reactive ketones (excluding diaryl/α,β-unsaturated/α-hetero) is 1. The van der Waals surface area contributed by atoms with E-state index in [0.29, 0.717) is 0 Å². The Morgan fingerprint density at radius 1 is 1.31 bits per heavy atom. The van der Waals surface area contributed by atoms with Crippen molar-refractivity contribution in [3.8, 4) is 0 Å². The number of hydrogen-bond acceptors (Lipinski definition) is 4. The van der Waals surface area contributed by atoms with Crippen LogP contribution in [0.2, 0.25) is 0 Å². The molecule has 0 aromatic carbocycles. The van der Waals surface area contributed by atoms with E-state index >= 15 is 0 Å². The number of nitrogens with zero attached hydrogens (tertiary/aromatic N) is 1. The van der Waals surface area contributed by atoms with Crippen molar-refractivity contribution in [2.75, 3.05) is 0 Å². The molecule has 0 aliphatic carbocycles. The van der Waals surface area contributed by atoms with E-state index in [4.69, 9.17) is 0 Å². The van der Waals surface area contributed by atoms with Gasteiger partial charge in [0.15, 0.2) is 5.78 Å². The zero-order valence-corrected chi connectivity index (χ0v) is 8.25. The molecule has 0 heterocycles. The van der Waals surface area contributed by atoms with Gasteiger partial charge in [-0.25, -0.2) is 0 Å². The molecule has 0 spiro atoms. The molecule has 0 radical (unpaired) electrons. The molecule has 1 atom stereocenters. The summed E-state index contributed by atoms with van der Waals surface area (Å²) < 4.78 is 0. The Labute approximate surface area is 76.9 Å². The molecule has 0 aliphatic heterocycles. The summed E-state index contributed by atoms with van der Waals surface area (Å²) >= 11 is 0. The van der Waals surface area contributed by atoms with E-state index in [2.05, 4.69) is 10.5 Å². The van der Waals surface area contributed by atoms with Gasteiger partial charge in [-0.2, -0.15) is 0 Å². The van der Waals surface area contributed by atoms with Crippen molar-refractivity contribution in [3.05, 3.63) is 4.91 Å². The second kappa shape index (κ2) is 4.11. The van der Waals surface area contributed by atoms with Crippen molar-refractivity contribution < 1.29 is 9.59 Å². The van der Waals surface area contributed by atoms with Crippen LogP contribution < -0.4 is 5.32 Å². The topological polar surface area (TPSA) is 75.6 Å². The quantitative estimate of drug-likeness (QED) is 0.518. The van der Waals surface area contributed by atoms with E-state index in [1.807, 2.05) is 0 Å². The summed E-state index contributed by atoms with van der Waals surface area (Å²) in [7, 11) is 0. The van der Waals surface area contributed by atoms with E-state index in [1.54, 1.807) is 20.8 Å². The molecule has 74 valence electrons. The minimum atomic E-state index is -1.42. The minimum Gasteiger partial charge on any atom is -0.349 e. The number of nitrogens with one attached hydrogen (secondary N) is 1. The van der Waals surface area contributed by atoms with Gasteiger partial charge in [0.1, 0.15) is 0 Å². The van der Waals surface area contributed by atoms with Crippen molar-refractivity contribution in [2.24, 2.45) is 5.18 Å². The SMILES string of the molecule is CC(=O)C(N=O)C(=O)NC(C)(C)C. The number of rotatable bonds is 3. The molecule has 0 aromatic heterocycles. The Hall–Kier alpha value is -1.26. The van der Waals surface area contributed by atoms with E-state index in [9.17, 15) is 14.5 Å². The van der Waals surface area contributed by atoms with Crippen LogP contribution in [0.3, 0.4) is 0 Å². The first-order valence-electron chi connectivity index (χ1n) is 3.93. The number of nitroso groups, excluding NO2 is 1.